The smallest absolute Gasteiger partial charge is 0.306 e. The first-order valence-electron chi connectivity index (χ1n) is 25.7. The summed E-state index contributed by atoms with van der Waals surface area (Å²) in [4.78, 5) is 24.3. The zero-order chi connectivity index (χ0) is 47.7. The van der Waals surface area contributed by atoms with Gasteiger partial charge in [0, 0.05) is 12.8 Å². The van der Waals surface area contributed by atoms with Crippen molar-refractivity contribution in [3.05, 3.63) is 170 Å². The van der Waals surface area contributed by atoms with Crippen molar-refractivity contribution >= 4 is 11.9 Å². The third-order valence-corrected chi connectivity index (χ3v) is 9.98. The molecule has 5 heteroatoms. The van der Waals surface area contributed by atoms with Gasteiger partial charge in [0.05, 0.1) is 6.61 Å². The minimum atomic E-state index is -0.813. The summed E-state index contributed by atoms with van der Waals surface area (Å²) in [6, 6.07) is 0. The largest absolute Gasteiger partial charge is 0.462 e. The first kappa shape index (κ1) is 61.3. The molecule has 0 rings (SSSR count). The second-order valence-electron chi connectivity index (χ2n) is 16.2. The normalized spacial score (nSPS) is 13.7. The number of rotatable bonds is 44. The molecule has 0 spiro atoms. The van der Waals surface area contributed by atoms with E-state index >= 15 is 0 Å². The van der Waals surface area contributed by atoms with Crippen LogP contribution in [-0.2, 0) is 19.1 Å². The number of unbranched alkanes of at least 4 members (excludes halogenated alkanes) is 8. The topological polar surface area (TPSA) is 72.8 Å². The lowest BCUT2D eigenvalue weighted by Crippen LogP contribution is -2.28. The van der Waals surface area contributed by atoms with Crippen LogP contribution in [0.2, 0.25) is 0 Å². The Hall–Kier alpha value is -4.74. The molecule has 1 N–H and O–H groups in total. The second kappa shape index (κ2) is 54.6. The van der Waals surface area contributed by atoms with Gasteiger partial charge in [0.15, 0.2) is 6.10 Å². The Bertz CT molecular complexity index is 1540. The van der Waals surface area contributed by atoms with Gasteiger partial charge in [-0.2, -0.15) is 0 Å². The quantitative estimate of drug-likeness (QED) is 0.0375. The summed E-state index contributed by atoms with van der Waals surface area (Å²) in [5, 5.41) is 9.59. The number of esters is 2. The summed E-state index contributed by atoms with van der Waals surface area (Å²) in [5.74, 6) is -0.676. The van der Waals surface area contributed by atoms with E-state index in [2.05, 4.69) is 184 Å². The average Bonchev–Trinajstić information content (AvgIpc) is 3.32. The maximum Gasteiger partial charge on any atom is 0.306 e. The van der Waals surface area contributed by atoms with Crippen LogP contribution in [0.15, 0.2) is 170 Å². The summed E-state index contributed by atoms with van der Waals surface area (Å²) in [5.41, 5.74) is 0. The van der Waals surface area contributed by atoms with Crippen LogP contribution >= 0.6 is 0 Å². The number of aliphatic hydroxyl groups is 1. The summed E-state index contributed by atoms with van der Waals surface area (Å²) in [6.45, 7) is 3.88. The van der Waals surface area contributed by atoms with Crippen LogP contribution in [0.3, 0.4) is 0 Å². The van der Waals surface area contributed by atoms with E-state index in [1.54, 1.807) is 0 Å². The maximum absolute atomic E-state index is 12.2. The van der Waals surface area contributed by atoms with E-state index in [0.717, 1.165) is 135 Å². The third-order valence-electron chi connectivity index (χ3n) is 9.98. The molecule has 0 aromatic heterocycles. The summed E-state index contributed by atoms with van der Waals surface area (Å²) in [6.07, 6.45) is 85.9. The molecule has 0 aromatic rings. The summed E-state index contributed by atoms with van der Waals surface area (Å²) >= 11 is 0. The molecular formula is C61H92O5. The van der Waals surface area contributed by atoms with Gasteiger partial charge >= 0.3 is 11.9 Å². The zero-order valence-electron chi connectivity index (χ0n) is 41.6. The van der Waals surface area contributed by atoms with Crippen LogP contribution in [-0.4, -0.2) is 36.4 Å². The Morgan fingerprint density at radius 1 is 0.364 bits per heavy atom. The lowest BCUT2D eigenvalue weighted by Gasteiger charge is -2.15. The van der Waals surface area contributed by atoms with Gasteiger partial charge in [0.1, 0.15) is 6.61 Å². The molecule has 0 fully saturated rings. The number of hydrogen-bond donors (Lipinski definition) is 1. The SMILES string of the molecule is CC/C=C\C/C=C\C/C=C\C/C=C\C/C=C\C/C=C\C/C=C\C/C=C\C/C=C\C/C=C\C/C=C\C/C=C\CCCCC(=O)OC(CO)COC(=O)CCCCCCC/C=C\C/C=C\CCC. The highest BCUT2D eigenvalue weighted by molar-refractivity contribution is 5.70. The van der Waals surface area contributed by atoms with Crippen molar-refractivity contribution in [1.82, 2.24) is 0 Å². The predicted molar refractivity (Wildman–Crippen MR) is 287 cm³/mol. The molecule has 0 saturated heterocycles. The summed E-state index contributed by atoms with van der Waals surface area (Å²) < 4.78 is 10.6. The molecule has 0 radical (unpaired) electrons. The summed E-state index contributed by atoms with van der Waals surface area (Å²) in [7, 11) is 0. The van der Waals surface area contributed by atoms with E-state index in [1.165, 1.54) is 12.8 Å². The molecular weight excluding hydrogens is 813 g/mol. The molecule has 366 valence electrons. The lowest BCUT2D eigenvalue weighted by molar-refractivity contribution is -0.161. The Morgan fingerprint density at radius 3 is 1.02 bits per heavy atom. The Labute approximate surface area is 404 Å². The van der Waals surface area contributed by atoms with Gasteiger partial charge < -0.3 is 14.6 Å². The number of aliphatic hydroxyl groups excluding tert-OH is 1. The molecule has 1 unspecified atom stereocenters. The second-order valence-corrected chi connectivity index (χ2v) is 16.2. The number of ether oxygens (including phenoxy) is 2. The molecule has 0 bridgehead atoms. The van der Waals surface area contributed by atoms with Crippen molar-refractivity contribution < 1.29 is 24.2 Å². The monoisotopic (exact) mass is 905 g/mol. The number of carbonyl (C=O) groups excluding carboxylic acids is 2. The van der Waals surface area contributed by atoms with Gasteiger partial charge in [-0.15, -0.1) is 0 Å². The molecule has 1 atom stereocenters. The number of allylic oxidation sites excluding steroid dienone is 28. The van der Waals surface area contributed by atoms with E-state index in [-0.39, 0.29) is 31.6 Å². The van der Waals surface area contributed by atoms with Crippen molar-refractivity contribution in [2.75, 3.05) is 13.2 Å². The van der Waals surface area contributed by atoms with Crippen LogP contribution in [0.1, 0.15) is 181 Å². The molecule has 0 aliphatic carbocycles. The Kier molecular flexibility index (Phi) is 50.7. The number of carbonyl (C=O) groups is 2. The number of hydrogen-bond acceptors (Lipinski definition) is 5. The van der Waals surface area contributed by atoms with Gasteiger partial charge in [-0.05, 0) is 128 Å². The highest BCUT2D eigenvalue weighted by atomic mass is 16.6. The van der Waals surface area contributed by atoms with Crippen molar-refractivity contribution in [3.63, 3.8) is 0 Å². The minimum absolute atomic E-state index is 0.102. The van der Waals surface area contributed by atoms with Crippen LogP contribution < -0.4 is 0 Å². The molecule has 0 aromatic carbocycles. The standard InChI is InChI=1S/C61H92O5/c1-3-5-7-9-11-13-15-17-18-19-20-21-22-23-24-25-26-27-28-29-30-31-32-33-34-35-36-37-38-39-40-41-42-44-46-48-50-52-54-56-61(64)66-59(57-62)58-65-60(63)55-53-51-49-47-45-43-16-14-12-10-8-6-4-2/h5,7-8,10-11,13-14,16-18,20-21,23-24,26-27,29-30,32-33,35-36,38-39,41-42,46,48,59,62H,3-4,6,9,12,15,19,22,25,28,31,34,37,40,43-45,47,49-58H2,1-2H3/b7-5-,10-8-,13-11-,16-14-,18-17-,21-20-,24-23-,27-26-,30-29-,33-32-,36-35-,39-38-,42-41-,48-46-. The van der Waals surface area contributed by atoms with Gasteiger partial charge in [-0.3, -0.25) is 9.59 Å². The molecule has 66 heavy (non-hydrogen) atoms. The molecule has 0 aliphatic rings. The highest BCUT2D eigenvalue weighted by Crippen LogP contribution is 2.10. The molecule has 0 amide bonds. The maximum atomic E-state index is 12.2. The fourth-order valence-corrected chi connectivity index (χ4v) is 6.16. The van der Waals surface area contributed by atoms with E-state index in [1.807, 2.05) is 0 Å². The van der Waals surface area contributed by atoms with E-state index in [4.69, 9.17) is 9.47 Å². The average molecular weight is 905 g/mol. The van der Waals surface area contributed by atoms with Crippen LogP contribution in [0.25, 0.3) is 0 Å². The van der Waals surface area contributed by atoms with Gasteiger partial charge in [0.25, 0.3) is 0 Å². The van der Waals surface area contributed by atoms with Crippen LogP contribution in [0.5, 0.6) is 0 Å². The van der Waals surface area contributed by atoms with Crippen molar-refractivity contribution in [2.24, 2.45) is 0 Å². The molecule has 0 heterocycles. The molecule has 0 aliphatic heterocycles. The Balaban J connectivity index is 3.74. The van der Waals surface area contributed by atoms with E-state index in [0.29, 0.717) is 12.8 Å². The van der Waals surface area contributed by atoms with Crippen molar-refractivity contribution in [3.8, 4) is 0 Å². The van der Waals surface area contributed by atoms with Crippen LogP contribution in [0, 0.1) is 0 Å². The minimum Gasteiger partial charge on any atom is -0.462 e. The molecule has 0 saturated carbocycles. The molecule has 5 nitrogen and oxygen atoms in total. The Morgan fingerprint density at radius 2 is 0.652 bits per heavy atom. The fourth-order valence-electron chi connectivity index (χ4n) is 6.16. The zero-order valence-corrected chi connectivity index (χ0v) is 41.6. The van der Waals surface area contributed by atoms with Crippen molar-refractivity contribution in [2.45, 2.75) is 187 Å². The lowest BCUT2D eigenvalue weighted by atomic mass is 10.1. The van der Waals surface area contributed by atoms with Crippen molar-refractivity contribution in [1.29, 1.82) is 0 Å². The van der Waals surface area contributed by atoms with Gasteiger partial charge in [0.2, 0.25) is 0 Å². The van der Waals surface area contributed by atoms with Gasteiger partial charge in [-0.25, -0.2) is 0 Å². The first-order valence-corrected chi connectivity index (χ1v) is 25.7. The van der Waals surface area contributed by atoms with E-state index < -0.39 is 6.10 Å². The van der Waals surface area contributed by atoms with Gasteiger partial charge in [-0.1, -0.05) is 210 Å². The van der Waals surface area contributed by atoms with E-state index in [9.17, 15) is 14.7 Å². The first-order chi connectivity index (χ1) is 32.6. The fraction of sp³-hybridized carbons (Fsp3) is 0.508. The highest BCUT2D eigenvalue weighted by Gasteiger charge is 2.16. The predicted octanol–water partition coefficient (Wildman–Crippen LogP) is 17.4. The third kappa shape index (κ3) is 51.9. The van der Waals surface area contributed by atoms with Crippen LogP contribution in [0.4, 0.5) is 0 Å².